The predicted molar refractivity (Wildman–Crippen MR) is 220 cm³/mol. The first-order chi connectivity index (χ1) is 25.8. The van der Waals surface area contributed by atoms with Crippen molar-refractivity contribution in [3.63, 3.8) is 0 Å². The molecule has 3 nitrogen and oxygen atoms in total. The van der Waals surface area contributed by atoms with Gasteiger partial charge in [0.05, 0.1) is 17.1 Å². The largest absolute Gasteiger partial charge is 0.310 e. The van der Waals surface area contributed by atoms with E-state index >= 15 is 0 Å². The minimum absolute atomic E-state index is 0.867. The van der Waals surface area contributed by atoms with Gasteiger partial charge in [0.2, 0.25) is 0 Å². The van der Waals surface area contributed by atoms with Crippen LogP contribution in [0.15, 0.2) is 200 Å². The van der Waals surface area contributed by atoms with Crippen LogP contribution in [-0.2, 0) is 0 Å². The third-order valence-electron chi connectivity index (χ3n) is 10.2. The van der Waals surface area contributed by atoms with Gasteiger partial charge in [0.1, 0.15) is 5.82 Å². The van der Waals surface area contributed by atoms with E-state index in [4.69, 9.17) is 4.98 Å². The van der Waals surface area contributed by atoms with E-state index in [1.165, 1.54) is 43.1 Å². The number of nitrogens with zero attached hydrogens (tertiary/aromatic N) is 3. The Morgan fingerprint density at radius 1 is 0.308 bits per heavy atom. The van der Waals surface area contributed by atoms with Gasteiger partial charge in [-0.25, -0.2) is 4.98 Å². The van der Waals surface area contributed by atoms with Crippen molar-refractivity contribution in [1.29, 1.82) is 0 Å². The Morgan fingerprint density at radius 3 is 1.40 bits per heavy atom. The summed E-state index contributed by atoms with van der Waals surface area (Å²) in [5, 5.41) is 9.74. The van der Waals surface area contributed by atoms with Crippen molar-refractivity contribution in [3.8, 4) is 11.3 Å². The van der Waals surface area contributed by atoms with E-state index in [9.17, 15) is 0 Å². The van der Waals surface area contributed by atoms with Crippen molar-refractivity contribution >= 4 is 77.3 Å². The molecule has 0 radical (unpaired) electrons. The molecule has 0 bridgehead atoms. The molecule has 52 heavy (non-hydrogen) atoms. The van der Waals surface area contributed by atoms with Crippen molar-refractivity contribution in [2.75, 3.05) is 9.80 Å². The van der Waals surface area contributed by atoms with Crippen molar-refractivity contribution in [1.82, 2.24) is 4.98 Å². The zero-order valence-corrected chi connectivity index (χ0v) is 28.4. The van der Waals surface area contributed by atoms with E-state index < -0.39 is 0 Å². The fourth-order valence-corrected chi connectivity index (χ4v) is 7.86. The first kappa shape index (κ1) is 29.9. The molecular weight excluding hydrogens is 631 g/mol. The lowest BCUT2D eigenvalue weighted by atomic mass is 9.92. The summed E-state index contributed by atoms with van der Waals surface area (Å²) in [6.07, 6.45) is 0. The van der Waals surface area contributed by atoms with Crippen LogP contribution in [0.5, 0.6) is 0 Å². The lowest BCUT2D eigenvalue weighted by Gasteiger charge is -2.29. The van der Waals surface area contributed by atoms with Crippen molar-refractivity contribution in [2.45, 2.75) is 0 Å². The summed E-state index contributed by atoms with van der Waals surface area (Å²) >= 11 is 0. The number of anilines is 6. The van der Waals surface area contributed by atoms with E-state index in [-0.39, 0.29) is 0 Å². The number of fused-ring (bicyclic) bond motifs is 1. The van der Waals surface area contributed by atoms with Crippen LogP contribution in [0.3, 0.4) is 0 Å². The fraction of sp³-hybridized carbons (Fsp3) is 0. The highest BCUT2D eigenvalue weighted by atomic mass is 15.2. The monoisotopic (exact) mass is 663 g/mol. The highest BCUT2D eigenvalue weighted by Crippen LogP contribution is 2.47. The minimum atomic E-state index is 0.867. The Balaban J connectivity index is 1.20. The van der Waals surface area contributed by atoms with Crippen LogP contribution in [0, 0.1) is 0 Å². The first-order valence-electron chi connectivity index (χ1n) is 17.7. The Kier molecular flexibility index (Phi) is 7.14. The molecule has 0 saturated heterocycles. The van der Waals surface area contributed by atoms with Gasteiger partial charge in [0.25, 0.3) is 0 Å². The number of para-hydroxylation sites is 3. The Hall–Kier alpha value is -6.97. The second-order valence-electron chi connectivity index (χ2n) is 13.2. The molecule has 0 atom stereocenters. The number of pyridine rings is 1. The number of rotatable bonds is 7. The quantitative estimate of drug-likeness (QED) is 0.158. The molecule has 1 aromatic heterocycles. The number of hydrogen-bond donors (Lipinski definition) is 0. The number of hydrogen-bond acceptors (Lipinski definition) is 3. The molecular formula is C49H33N3. The van der Waals surface area contributed by atoms with Crippen LogP contribution in [0.2, 0.25) is 0 Å². The van der Waals surface area contributed by atoms with Crippen LogP contribution >= 0.6 is 0 Å². The maximum atomic E-state index is 5.38. The lowest BCUT2D eigenvalue weighted by Crippen LogP contribution is -2.12. The van der Waals surface area contributed by atoms with E-state index in [1.807, 2.05) is 0 Å². The topological polar surface area (TPSA) is 19.4 Å². The van der Waals surface area contributed by atoms with Crippen LogP contribution in [-0.4, -0.2) is 4.98 Å². The first-order valence-corrected chi connectivity index (χ1v) is 17.7. The maximum absolute atomic E-state index is 5.38. The number of benzene rings is 9. The fourth-order valence-electron chi connectivity index (χ4n) is 7.86. The van der Waals surface area contributed by atoms with Crippen LogP contribution in [0.4, 0.5) is 34.3 Å². The smallest absolute Gasteiger partial charge is 0.138 e. The van der Waals surface area contributed by atoms with E-state index in [0.717, 1.165) is 45.5 Å². The predicted octanol–water partition coefficient (Wildman–Crippen LogP) is 13.7. The van der Waals surface area contributed by atoms with Gasteiger partial charge in [-0.1, -0.05) is 140 Å². The van der Waals surface area contributed by atoms with E-state index in [0.29, 0.717) is 0 Å². The van der Waals surface area contributed by atoms with Crippen molar-refractivity contribution < 1.29 is 0 Å². The van der Waals surface area contributed by atoms with Gasteiger partial charge in [-0.05, 0) is 93.0 Å². The number of aromatic nitrogens is 1. The normalized spacial score (nSPS) is 11.5. The van der Waals surface area contributed by atoms with Crippen molar-refractivity contribution in [3.05, 3.63) is 200 Å². The molecule has 0 saturated carbocycles. The summed E-state index contributed by atoms with van der Waals surface area (Å²) in [6.45, 7) is 0. The van der Waals surface area contributed by atoms with Gasteiger partial charge in [-0.15, -0.1) is 0 Å². The highest BCUT2D eigenvalue weighted by molar-refractivity contribution is 6.28. The third kappa shape index (κ3) is 4.94. The van der Waals surface area contributed by atoms with Gasteiger partial charge in [0.15, 0.2) is 0 Å². The molecule has 3 heteroatoms. The SMILES string of the molecule is c1ccc(N(c2ccccc2)c2ccc3ccc4c(N(c5ccccc5)c5cccc(-c6cccc7ccccc67)n5)ccc5ccc2c3c54)cc1. The van der Waals surface area contributed by atoms with E-state index in [2.05, 4.69) is 210 Å². The third-order valence-corrected chi connectivity index (χ3v) is 10.2. The van der Waals surface area contributed by atoms with Gasteiger partial charge < -0.3 is 4.90 Å². The van der Waals surface area contributed by atoms with Crippen molar-refractivity contribution in [2.24, 2.45) is 0 Å². The molecule has 0 aliphatic rings. The standard InChI is InChI=1S/C49H33N3/c1-4-16-37(17-5-1)51(38-18-6-2-7-19-38)45-32-28-35-27-31-43-46(33-29-36-26-30-42(45)48(35)49(36)43)52(39-20-8-3-9-21-39)47-25-13-24-44(50-47)41-23-12-15-34-14-10-11-22-40(34)41/h1-33H. The summed E-state index contributed by atoms with van der Waals surface area (Å²) in [5.74, 6) is 0.867. The molecule has 0 fully saturated rings. The van der Waals surface area contributed by atoms with Gasteiger partial charge in [-0.3, -0.25) is 4.90 Å². The molecule has 0 aliphatic carbocycles. The molecule has 1 heterocycles. The summed E-state index contributed by atoms with van der Waals surface area (Å²) in [5.41, 5.74) is 7.60. The minimum Gasteiger partial charge on any atom is -0.310 e. The summed E-state index contributed by atoms with van der Waals surface area (Å²) < 4.78 is 0. The zero-order valence-electron chi connectivity index (χ0n) is 28.4. The average molecular weight is 664 g/mol. The van der Waals surface area contributed by atoms with E-state index in [1.54, 1.807) is 0 Å². The molecule has 9 aromatic carbocycles. The lowest BCUT2D eigenvalue weighted by molar-refractivity contribution is 1.19. The molecule has 0 amide bonds. The highest BCUT2D eigenvalue weighted by Gasteiger charge is 2.22. The Morgan fingerprint density at radius 2 is 0.788 bits per heavy atom. The Labute approximate surface area is 302 Å². The summed E-state index contributed by atoms with van der Waals surface area (Å²) in [7, 11) is 0. The molecule has 10 rings (SSSR count). The molecule has 10 aromatic rings. The average Bonchev–Trinajstić information content (AvgIpc) is 3.22. The van der Waals surface area contributed by atoms with Crippen LogP contribution < -0.4 is 9.80 Å². The van der Waals surface area contributed by atoms with Gasteiger partial charge >= 0.3 is 0 Å². The molecule has 244 valence electrons. The van der Waals surface area contributed by atoms with Gasteiger partial charge in [0, 0.05) is 33.4 Å². The maximum Gasteiger partial charge on any atom is 0.138 e. The molecule has 0 aliphatic heterocycles. The van der Waals surface area contributed by atoms with Crippen LogP contribution in [0.1, 0.15) is 0 Å². The summed E-state index contributed by atoms with van der Waals surface area (Å²) in [6, 6.07) is 71.4. The zero-order chi connectivity index (χ0) is 34.4. The molecule has 0 spiro atoms. The van der Waals surface area contributed by atoms with Crippen LogP contribution in [0.25, 0.3) is 54.3 Å². The second kappa shape index (κ2) is 12.4. The second-order valence-corrected chi connectivity index (χ2v) is 13.2. The molecule has 0 N–H and O–H groups in total. The van der Waals surface area contributed by atoms with Gasteiger partial charge in [-0.2, -0.15) is 0 Å². The summed E-state index contributed by atoms with van der Waals surface area (Å²) in [4.78, 5) is 10.1. The molecule has 0 unspecified atom stereocenters. The Bertz CT molecular complexity index is 2800.